The Labute approximate surface area is 95.0 Å². The SMILES string of the molecule is CSc1ccc(C(C)N)cc1S(C)(=O)=O. The van der Waals surface area contributed by atoms with Crippen LogP contribution in [0.15, 0.2) is 28.0 Å². The van der Waals surface area contributed by atoms with E-state index in [0.717, 1.165) is 10.5 Å². The highest BCUT2D eigenvalue weighted by molar-refractivity contribution is 7.99. The third-order valence-corrected chi connectivity index (χ3v) is 4.17. The number of sulfone groups is 1. The van der Waals surface area contributed by atoms with Crippen LogP contribution in [0.2, 0.25) is 0 Å². The standard InChI is InChI=1S/C10H15NO2S2/c1-7(11)8-4-5-9(14-2)10(6-8)15(3,12)13/h4-7H,11H2,1-3H3. The summed E-state index contributed by atoms with van der Waals surface area (Å²) in [4.78, 5) is 1.13. The molecule has 0 saturated carbocycles. The van der Waals surface area contributed by atoms with Gasteiger partial charge in [0.2, 0.25) is 0 Å². The highest BCUT2D eigenvalue weighted by Crippen LogP contribution is 2.27. The van der Waals surface area contributed by atoms with Crippen LogP contribution in [0.3, 0.4) is 0 Å². The molecule has 0 aromatic heterocycles. The van der Waals surface area contributed by atoms with Gasteiger partial charge in [-0.3, -0.25) is 0 Å². The fourth-order valence-electron chi connectivity index (χ4n) is 1.27. The Balaban J connectivity index is 3.39. The second kappa shape index (κ2) is 4.55. The molecular formula is C10H15NO2S2. The Bertz CT molecular complexity index is 452. The molecule has 0 aliphatic rings. The minimum atomic E-state index is -3.18. The molecular weight excluding hydrogens is 230 g/mol. The van der Waals surface area contributed by atoms with Gasteiger partial charge in [0.1, 0.15) is 0 Å². The van der Waals surface area contributed by atoms with Gasteiger partial charge in [-0.1, -0.05) is 6.07 Å². The summed E-state index contributed by atoms with van der Waals surface area (Å²) in [5.74, 6) is 0. The molecule has 15 heavy (non-hydrogen) atoms. The summed E-state index contributed by atoms with van der Waals surface area (Å²) in [5.41, 5.74) is 6.56. The molecule has 1 atom stereocenters. The quantitative estimate of drug-likeness (QED) is 0.825. The van der Waals surface area contributed by atoms with Crippen molar-refractivity contribution in [1.29, 1.82) is 0 Å². The van der Waals surface area contributed by atoms with Crippen LogP contribution in [0, 0.1) is 0 Å². The van der Waals surface area contributed by atoms with Crippen LogP contribution >= 0.6 is 11.8 Å². The van der Waals surface area contributed by atoms with Gasteiger partial charge in [0.05, 0.1) is 4.90 Å². The second-order valence-corrected chi connectivity index (χ2v) is 6.30. The molecule has 0 heterocycles. The number of thioether (sulfide) groups is 1. The van der Waals surface area contributed by atoms with Crippen LogP contribution in [0.5, 0.6) is 0 Å². The molecule has 1 unspecified atom stereocenters. The van der Waals surface area contributed by atoms with E-state index in [4.69, 9.17) is 5.73 Å². The first-order valence-corrected chi connectivity index (χ1v) is 7.61. The topological polar surface area (TPSA) is 60.2 Å². The molecule has 1 aromatic rings. The van der Waals surface area contributed by atoms with E-state index in [1.807, 2.05) is 19.2 Å². The minimum absolute atomic E-state index is 0.151. The smallest absolute Gasteiger partial charge is 0.176 e. The molecule has 0 radical (unpaired) electrons. The van der Waals surface area contributed by atoms with Crippen LogP contribution in [0.4, 0.5) is 0 Å². The molecule has 84 valence electrons. The Kier molecular flexibility index (Phi) is 3.81. The third-order valence-electron chi connectivity index (χ3n) is 2.11. The van der Waals surface area contributed by atoms with Crippen molar-refractivity contribution < 1.29 is 8.42 Å². The number of hydrogen-bond donors (Lipinski definition) is 1. The third kappa shape index (κ3) is 2.96. The fraction of sp³-hybridized carbons (Fsp3) is 0.400. The maximum atomic E-state index is 11.5. The zero-order valence-corrected chi connectivity index (χ0v) is 10.7. The van der Waals surface area contributed by atoms with Gasteiger partial charge in [0.15, 0.2) is 9.84 Å². The minimum Gasteiger partial charge on any atom is -0.324 e. The van der Waals surface area contributed by atoms with Crippen molar-refractivity contribution in [2.45, 2.75) is 22.8 Å². The van der Waals surface area contributed by atoms with Crippen molar-refractivity contribution in [1.82, 2.24) is 0 Å². The fourth-order valence-corrected chi connectivity index (χ4v) is 3.22. The van der Waals surface area contributed by atoms with Crippen LogP contribution in [0.25, 0.3) is 0 Å². The van der Waals surface area contributed by atoms with Gasteiger partial charge in [0, 0.05) is 17.2 Å². The summed E-state index contributed by atoms with van der Waals surface area (Å²) in [5, 5.41) is 0. The molecule has 0 amide bonds. The van der Waals surface area contributed by atoms with Crippen molar-refractivity contribution in [2.75, 3.05) is 12.5 Å². The van der Waals surface area contributed by atoms with Gasteiger partial charge in [-0.25, -0.2) is 8.42 Å². The molecule has 0 spiro atoms. The molecule has 0 bridgehead atoms. The van der Waals surface area contributed by atoms with Crippen LogP contribution in [-0.4, -0.2) is 20.9 Å². The van der Waals surface area contributed by atoms with Crippen LogP contribution in [0.1, 0.15) is 18.5 Å². The summed E-state index contributed by atoms with van der Waals surface area (Å²) in [6.07, 6.45) is 3.07. The summed E-state index contributed by atoms with van der Waals surface area (Å²) in [6.45, 7) is 1.83. The number of benzene rings is 1. The average Bonchev–Trinajstić information content (AvgIpc) is 2.15. The highest BCUT2D eigenvalue weighted by atomic mass is 32.2. The van der Waals surface area contributed by atoms with Gasteiger partial charge in [0.25, 0.3) is 0 Å². The lowest BCUT2D eigenvalue weighted by Gasteiger charge is -2.10. The van der Waals surface area contributed by atoms with Crippen molar-refractivity contribution >= 4 is 21.6 Å². The van der Waals surface area contributed by atoms with Crippen molar-refractivity contribution in [2.24, 2.45) is 5.73 Å². The monoisotopic (exact) mass is 245 g/mol. The van der Waals surface area contributed by atoms with Crippen LogP contribution in [-0.2, 0) is 9.84 Å². The number of rotatable bonds is 3. The van der Waals surface area contributed by atoms with Crippen molar-refractivity contribution in [3.05, 3.63) is 23.8 Å². The lowest BCUT2D eigenvalue weighted by molar-refractivity contribution is 0.599. The Hall–Kier alpha value is -0.520. The molecule has 0 saturated heterocycles. The summed E-state index contributed by atoms with van der Waals surface area (Å²) < 4.78 is 23.1. The normalized spacial score (nSPS) is 13.9. The van der Waals surface area contributed by atoms with E-state index in [2.05, 4.69) is 0 Å². The first-order valence-electron chi connectivity index (χ1n) is 4.50. The summed E-state index contributed by atoms with van der Waals surface area (Å²) >= 11 is 1.42. The molecule has 1 rings (SSSR count). The predicted molar refractivity (Wildman–Crippen MR) is 63.9 cm³/mol. The van der Waals surface area contributed by atoms with E-state index < -0.39 is 9.84 Å². The van der Waals surface area contributed by atoms with E-state index in [1.54, 1.807) is 12.1 Å². The number of hydrogen-bond acceptors (Lipinski definition) is 4. The van der Waals surface area contributed by atoms with Crippen molar-refractivity contribution in [3.8, 4) is 0 Å². The maximum Gasteiger partial charge on any atom is 0.176 e. The largest absolute Gasteiger partial charge is 0.324 e. The highest BCUT2D eigenvalue weighted by Gasteiger charge is 2.14. The van der Waals surface area contributed by atoms with Gasteiger partial charge < -0.3 is 5.73 Å². The Morgan fingerprint density at radius 1 is 1.40 bits per heavy atom. The second-order valence-electron chi connectivity index (χ2n) is 3.47. The zero-order valence-electron chi connectivity index (χ0n) is 9.02. The molecule has 5 heteroatoms. The molecule has 1 aromatic carbocycles. The predicted octanol–water partition coefficient (Wildman–Crippen LogP) is 1.83. The first kappa shape index (κ1) is 12.5. The lowest BCUT2D eigenvalue weighted by Crippen LogP contribution is -2.07. The zero-order chi connectivity index (χ0) is 11.6. The molecule has 2 N–H and O–H groups in total. The molecule has 0 aliphatic heterocycles. The first-order chi connectivity index (χ1) is 6.86. The average molecular weight is 245 g/mol. The van der Waals surface area contributed by atoms with Crippen LogP contribution < -0.4 is 5.73 Å². The van der Waals surface area contributed by atoms with E-state index in [1.165, 1.54) is 18.0 Å². The Morgan fingerprint density at radius 2 is 2.00 bits per heavy atom. The van der Waals surface area contributed by atoms with Gasteiger partial charge in [-0.15, -0.1) is 11.8 Å². The lowest BCUT2D eigenvalue weighted by atomic mass is 10.1. The van der Waals surface area contributed by atoms with E-state index in [-0.39, 0.29) is 6.04 Å². The van der Waals surface area contributed by atoms with Gasteiger partial charge in [-0.2, -0.15) is 0 Å². The van der Waals surface area contributed by atoms with Crippen molar-refractivity contribution in [3.63, 3.8) is 0 Å². The van der Waals surface area contributed by atoms with E-state index in [9.17, 15) is 8.42 Å². The Morgan fingerprint density at radius 3 is 2.40 bits per heavy atom. The molecule has 3 nitrogen and oxygen atoms in total. The summed E-state index contributed by atoms with van der Waals surface area (Å²) in [6, 6.07) is 5.18. The maximum absolute atomic E-state index is 11.5. The molecule has 0 fully saturated rings. The number of nitrogens with two attached hydrogens (primary N) is 1. The molecule has 0 aliphatic carbocycles. The van der Waals surface area contributed by atoms with Gasteiger partial charge >= 0.3 is 0 Å². The summed E-state index contributed by atoms with van der Waals surface area (Å²) in [7, 11) is -3.18. The van der Waals surface area contributed by atoms with Gasteiger partial charge in [-0.05, 0) is 30.9 Å². The van der Waals surface area contributed by atoms with E-state index >= 15 is 0 Å². The van der Waals surface area contributed by atoms with E-state index in [0.29, 0.717) is 4.90 Å².